The normalized spacial score (nSPS) is 20.1. The minimum atomic E-state index is 0.0461. The molecule has 5 heteroatoms. The summed E-state index contributed by atoms with van der Waals surface area (Å²) in [6, 6.07) is 1.80. The molecule has 0 bridgehead atoms. The fraction of sp³-hybridized carbons (Fsp3) is 0.455. The van der Waals surface area contributed by atoms with Crippen molar-refractivity contribution in [2.45, 2.75) is 6.42 Å². The van der Waals surface area contributed by atoms with E-state index in [1.807, 2.05) is 4.90 Å². The lowest BCUT2D eigenvalue weighted by molar-refractivity contribution is 0.0787. The number of halogens is 1. The van der Waals surface area contributed by atoms with Gasteiger partial charge < -0.3 is 10.6 Å². The maximum absolute atomic E-state index is 12.1. The molecule has 1 unspecified atom stereocenters. The molecule has 1 atom stereocenters. The Morgan fingerprint density at radius 3 is 3.06 bits per heavy atom. The van der Waals surface area contributed by atoms with Gasteiger partial charge in [-0.1, -0.05) is 0 Å². The fourth-order valence-electron chi connectivity index (χ4n) is 1.92. The molecule has 16 heavy (non-hydrogen) atoms. The molecule has 1 fully saturated rings. The van der Waals surface area contributed by atoms with Crippen molar-refractivity contribution >= 4 is 21.8 Å². The van der Waals surface area contributed by atoms with Gasteiger partial charge >= 0.3 is 0 Å². The molecule has 0 aromatic carbocycles. The Hall–Kier alpha value is -0.940. The molecule has 1 aliphatic heterocycles. The largest absolute Gasteiger partial charge is 0.338 e. The van der Waals surface area contributed by atoms with Crippen molar-refractivity contribution < 1.29 is 4.79 Å². The van der Waals surface area contributed by atoms with E-state index in [1.54, 1.807) is 18.5 Å². The van der Waals surface area contributed by atoms with Gasteiger partial charge in [0.15, 0.2) is 0 Å². The number of carbonyl (C=O) groups is 1. The number of nitrogens with zero attached hydrogens (tertiary/aromatic N) is 2. The number of hydrogen-bond donors (Lipinski definition) is 1. The second kappa shape index (κ2) is 4.93. The van der Waals surface area contributed by atoms with E-state index in [2.05, 4.69) is 20.9 Å². The zero-order valence-corrected chi connectivity index (χ0v) is 10.5. The van der Waals surface area contributed by atoms with E-state index in [0.29, 0.717) is 18.0 Å². The summed E-state index contributed by atoms with van der Waals surface area (Å²) in [6.07, 6.45) is 4.27. The first kappa shape index (κ1) is 11.5. The summed E-state index contributed by atoms with van der Waals surface area (Å²) < 4.78 is 0.827. The first-order valence-corrected chi connectivity index (χ1v) is 6.10. The van der Waals surface area contributed by atoms with Crippen molar-refractivity contribution in [2.75, 3.05) is 19.6 Å². The van der Waals surface area contributed by atoms with Crippen LogP contribution in [0.15, 0.2) is 22.9 Å². The van der Waals surface area contributed by atoms with E-state index in [1.165, 1.54) is 0 Å². The molecule has 1 aromatic heterocycles. The molecule has 0 spiro atoms. The number of aromatic nitrogens is 1. The number of likely N-dealkylation sites (tertiary alicyclic amines) is 1. The summed E-state index contributed by atoms with van der Waals surface area (Å²) in [5.41, 5.74) is 6.23. The minimum Gasteiger partial charge on any atom is -0.338 e. The number of hydrogen-bond acceptors (Lipinski definition) is 3. The predicted molar refractivity (Wildman–Crippen MR) is 65.0 cm³/mol. The van der Waals surface area contributed by atoms with E-state index in [-0.39, 0.29) is 5.91 Å². The number of rotatable bonds is 2. The number of carbonyl (C=O) groups excluding carboxylic acids is 1. The van der Waals surface area contributed by atoms with Crippen molar-refractivity contribution in [3.63, 3.8) is 0 Å². The number of amides is 1. The molecule has 0 radical (unpaired) electrons. The van der Waals surface area contributed by atoms with Crippen LogP contribution in [0.5, 0.6) is 0 Å². The summed E-state index contributed by atoms with van der Waals surface area (Å²) in [6.45, 7) is 2.22. The average Bonchev–Trinajstić information content (AvgIpc) is 2.76. The van der Waals surface area contributed by atoms with Crippen LogP contribution in [0, 0.1) is 5.92 Å². The van der Waals surface area contributed by atoms with E-state index >= 15 is 0 Å². The molecular weight excluding hydrogens is 270 g/mol. The third kappa shape index (κ3) is 2.41. The predicted octanol–water partition coefficient (Wildman–Crippen LogP) is 1.26. The zero-order valence-electron chi connectivity index (χ0n) is 8.90. The van der Waals surface area contributed by atoms with Crippen LogP contribution >= 0.6 is 15.9 Å². The van der Waals surface area contributed by atoms with Crippen LogP contribution < -0.4 is 5.73 Å². The van der Waals surface area contributed by atoms with Gasteiger partial charge in [-0.25, -0.2) is 0 Å². The summed E-state index contributed by atoms with van der Waals surface area (Å²) in [5, 5.41) is 0. The Morgan fingerprint density at radius 2 is 2.44 bits per heavy atom. The van der Waals surface area contributed by atoms with Gasteiger partial charge in [-0.2, -0.15) is 0 Å². The van der Waals surface area contributed by atoms with Crippen molar-refractivity contribution in [1.29, 1.82) is 0 Å². The molecule has 0 aliphatic carbocycles. The second-order valence-electron chi connectivity index (χ2n) is 4.03. The van der Waals surface area contributed by atoms with Gasteiger partial charge in [0.25, 0.3) is 5.91 Å². The smallest absolute Gasteiger partial charge is 0.255 e. The first-order chi connectivity index (χ1) is 7.70. The molecule has 1 saturated heterocycles. The van der Waals surface area contributed by atoms with Crippen LogP contribution in [0.1, 0.15) is 16.8 Å². The summed E-state index contributed by atoms with van der Waals surface area (Å²) in [5.74, 6) is 0.494. The lowest BCUT2D eigenvalue weighted by atomic mass is 10.1. The number of nitrogens with two attached hydrogens (primary N) is 1. The summed E-state index contributed by atoms with van der Waals surface area (Å²) in [4.78, 5) is 17.9. The highest BCUT2D eigenvalue weighted by Gasteiger charge is 2.26. The fourth-order valence-corrected chi connectivity index (χ4v) is 2.29. The van der Waals surface area contributed by atoms with Gasteiger partial charge in [0.05, 0.1) is 5.56 Å². The van der Waals surface area contributed by atoms with Crippen molar-refractivity contribution in [1.82, 2.24) is 9.88 Å². The maximum atomic E-state index is 12.1. The van der Waals surface area contributed by atoms with Crippen LogP contribution in [-0.2, 0) is 0 Å². The van der Waals surface area contributed by atoms with E-state index < -0.39 is 0 Å². The SMILES string of the molecule is NCC1CCN(C(=O)c2cncc(Br)c2)C1. The third-order valence-corrected chi connectivity index (χ3v) is 3.29. The molecule has 0 saturated carbocycles. The molecule has 1 amide bonds. The average molecular weight is 284 g/mol. The Bertz CT molecular complexity index is 397. The van der Waals surface area contributed by atoms with Gasteiger partial charge in [0.2, 0.25) is 0 Å². The molecule has 86 valence electrons. The van der Waals surface area contributed by atoms with Crippen LogP contribution in [-0.4, -0.2) is 35.4 Å². The topological polar surface area (TPSA) is 59.2 Å². The van der Waals surface area contributed by atoms with Gasteiger partial charge in [-0.05, 0) is 40.9 Å². The Morgan fingerprint density at radius 1 is 1.62 bits per heavy atom. The van der Waals surface area contributed by atoms with Crippen molar-refractivity contribution in [3.8, 4) is 0 Å². The Balaban J connectivity index is 2.08. The molecular formula is C11H14BrN3O. The Labute approximate surface area is 103 Å². The quantitative estimate of drug-likeness (QED) is 0.889. The highest BCUT2D eigenvalue weighted by atomic mass is 79.9. The van der Waals surface area contributed by atoms with Crippen LogP contribution in [0.4, 0.5) is 0 Å². The standard InChI is InChI=1S/C11H14BrN3O/c12-10-3-9(5-14-6-10)11(16)15-2-1-8(4-13)7-15/h3,5-6,8H,1-2,4,7,13H2. The van der Waals surface area contributed by atoms with E-state index in [4.69, 9.17) is 5.73 Å². The van der Waals surface area contributed by atoms with Crippen molar-refractivity contribution in [3.05, 3.63) is 28.5 Å². The van der Waals surface area contributed by atoms with E-state index in [0.717, 1.165) is 24.0 Å². The first-order valence-electron chi connectivity index (χ1n) is 5.30. The van der Waals surface area contributed by atoms with Crippen LogP contribution in [0.25, 0.3) is 0 Å². The molecule has 1 aromatic rings. The molecule has 4 nitrogen and oxygen atoms in total. The van der Waals surface area contributed by atoms with Gasteiger partial charge in [0, 0.05) is 30.0 Å². The molecule has 1 aliphatic rings. The Kier molecular flexibility index (Phi) is 3.56. The second-order valence-corrected chi connectivity index (χ2v) is 4.95. The van der Waals surface area contributed by atoms with Crippen LogP contribution in [0.3, 0.4) is 0 Å². The lowest BCUT2D eigenvalue weighted by Gasteiger charge is -2.16. The lowest BCUT2D eigenvalue weighted by Crippen LogP contribution is -2.29. The van der Waals surface area contributed by atoms with Gasteiger partial charge in [0.1, 0.15) is 0 Å². The molecule has 2 heterocycles. The van der Waals surface area contributed by atoms with Gasteiger partial charge in [-0.15, -0.1) is 0 Å². The highest BCUT2D eigenvalue weighted by Crippen LogP contribution is 2.18. The highest BCUT2D eigenvalue weighted by molar-refractivity contribution is 9.10. The van der Waals surface area contributed by atoms with Gasteiger partial charge in [-0.3, -0.25) is 9.78 Å². The van der Waals surface area contributed by atoms with E-state index in [9.17, 15) is 4.79 Å². The third-order valence-electron chi connectivity index (χ3n) is 2.86. The zero-order chi connectivity index (χ0) is 11.5. The number of pyridine rings is 1. The van der Waals surface area contributed by atoms with Crippen LogP contribution in [0.2, 0.25) is 0 Å². The summed E-state index contributed by atoms with van der Waals surface area (Å²) in [7, 11) is 0. The summed E-state index contributed by atoms with van der Waals surface area (Å²) >= 11 is 3.31. The van der Waals surface area contributed by atoms with Crippen molar-refractivity contribution in [2.24, 2.45) is 11.7 Å². The maximum Gasteiger partial charge on any atom is 0.255 e. The minimum absolute atomic E-state index is 0.0461. The monoisotopic (exact) mass is 283 g/mol. The molecule has 2 rings (SSSR count). The molecule has 2 N–H and O–H groups in total.